The molecule has 1 aliphatic rings. The Labute approximate surface area is 104 Å². The molecule has 2 atom stereocenters. The average Bonchev–Trinajstić information content (AvgIpc) is 2.28. The lowest BCUT2D eigenvalue weighted by Gasteiger charge is -2.41. The van der Waals surface area contributed by atoms with Gasteiger partial charge in [0.1, 0.15) is 0 Å². The minimum absolute atomic E-state index is 0.239. The summed E-state index contributed by atoms with van der Waals surface area (Å²) < 4.78 is 0. The largest absolute Gasteiger partial charge is 0.387 e. The topological polar surface area (TPSA) is 23.5 Å². The zero-order chi connectivity index (χ0) is 12.3. The van der Waals surface area contributed by atoms with E-state index in [0.717, 1.165) is 12.0 Å². The van der Waals surface area contributed by atoms with Gasteiger partial charge in [-0.05, 0) is 31.9 Å². The van der Waals surface area contributed by atoms with Gasteiger partial charge in [-0.1, -0.05) is 43.7 Å². The molecule has 1 N–H and O–H groups in total. The van der Waals surface area contributed by atoms with Crippen molar-refractivity contribution in [1.82, 2.24) is 4.90 Å². The quantitative estimate of drug-likeness (QED) is 0.845. The van der Waals surface area contributed by atoms with Crippen molar-refractivity contribution in [3.05, 3.63) is 35.9 Å². The highest BCUT2D eigenvalue weighted by atomic mass is 16.3. The summed E-state index contributed by atoms with van der Waals surface area (Å²) in [5.41, 5.74) is 1.03. The zero-order valence-electron chi connectivity index (χ0n) is 10.8. The number of rotatable bonds is 5. The Morgan fingerprint density at radius 2 is 1.94 bits per heavy atom. The zero-order valence-corrected chi connectivity index (χ0v) is 10.8. The monoisotopic (exact) mass is 233 g/mol. The fourth-order valence-electron chi connectivity index (χ4n) is 2.67. The molecular formula is C15H23NO. The Morgan fingerprint density at radius 3 is 2.41 bits per heavy atom. The standard InChI is InChI=1S/C15H23NO/c1-3-14(16(2)13-10-7-11-13)15(17)12-8-5-4-6-9-12/h4-6,8-9,13-15,17H,3,7,10-11H2,1-2H3. The second-order valence-corrected chi connectivity index (χ2v) is 5.08. The number of likely N-dealkylation sites (N-methyl/N-ethyl adjacent to an activating group) is 1. The first-order valence-corrected chi connectivity index (χ1v) is 6.69. The molecule has 2 nitrogen and oxygen atoms in total. The summed E-state index contributed by atoms with van der Waals surface area (Å²) in [4.78, 5) is 2.38. The van der Waals surface area contributed by atoms with E-state index in [-0.39, 0.29) is 12.1 Å². The van der Waals surface area contributed by atoms with Crippen LogP contribution in [0.4, 0.5) is 0 Å². The molecule has 0 saturated heterocycles. The van der Waals surface area contributed by atoms with Gasteiger partial charge < -0.3 is 5.11 Å². The molecule has 0 spiro atoms. The second kappa shape index (κ2) is 5.65. The lowest BCUT2D eigenvalue weighted by molar-refractivity contribution is 0.0158. The van der Waals surface area contributed by atoms with Crippen molar-refractivity contribution in [1.29, 1.82) is 0 Å². The van der Waals surface area contributed by atoms with Crippen LogP contribution in [0, 0.1) is 0 Å². The number of aliphatic hydroxyl groups is 1. The third-order valence-corrected chi connectivity index (χ3v) is 4.10. The minimum Gasteiger partial charge on any atom is -0.387 e. The maximum Gasteiger partial charge on any atom is 0.0945 e. The van der Waals surface area contributed by atoms with Gasteiger partial charge in [0.25, 0.3) is 0 Å². The van der Waals surface area contributed by atoms with E-state index in [4.69, 9.17) is 0 Å². The Hall–Kier alpha value is -0.860. The van der Waals surface area contributed by atoms with Crippen LogP contribution in [0.2, 0.25) is 0 Å². The molecule has 0 heterocycles. The van der Waals surface area contributed by atoms with Crippen LogP contribution in [-0.2, 0) is 0 Å². The molecule has 1 aromatic rings. The Morgan fingerprint density at radius 1 is 1.29 bits per heavy atom. The maximum absolute atomic E-state index is 10.5. The molecule has 0 aliphatic heterocycles. The molecule has 94 valence electrons. The fourth-order valence-corrected chi connectivity index (χ4v) is 2.67. The Kier molecular flexibility index (Phi) is 4.19. The Balaban J connectivity index is 2.06. The summed E-state index contributed by atoms with van der Waals surface area (Å²) >= 11 is 0. The van der Waals surface area contributed by atoms with Gasteiger partial charge in [-0.2, -0.15) is 0 Å². The molecule has 2 heteroatoms. The van der Waals surface area contributed by atoms with Gasteiger partial charge in [-0.25, -0.2) is 0 Å². The van der Waals surface area contributed by atoms with Gasteiger partial charge in [0.2, 0.25) is 0 Å². The molecular weight excluding hydrogens is 210 g/mol. The minimum atomic E-state index is -0.369. The van der Waals surface area contributed by atoms with Crippen molar-refractivity contribution in [2.24, 2.45) is 0 Å². The molecule has 1 aliphatic carbocycles. The van der Waals surface area contributed by atoms with Crippen LogP contribution in [0.3, 0.4) is 0 Å². The van der Waals surface area contributed by atoms with Crippen LogP contribution in [0.25, 0.3) is 0 Å². The van der Waals surface area contributed by atoms with E-state index in [1.807, 2.05) is 30.3 Å². The first-order chi connectivity index (χ1) is 8.24. The summed E-state index contributed by atoms with van der Waals surface area (Å²) in [6.07, 6.45) is 4.53. The van der Waals surface area contributed by atoms with Crippen LogP contribution < -0.4 is 0 Å². The van der Waals surface area contributed by atoms with Crippen molar-refractivity contribution in [3.8, 4) is 0 Å². The van der Waals surface area contributed by atoms with Gasteiger partial charge in [-0.3, -0.25) is 4.90 Å². The van der Waals surface area contributed by atoms with Crippen LogP contribution in [0.5, 0.6) is 0 Å². The summed E-state index contributed by atoms with van der Waals surface area (Å²) in [7, 11) is 2.16. The molecule has 2 unspecified atom stereocenters. The van der Waals surface area contributed by atoms with Gasteiger partial charge >= 0.3 is 0 Å². The summed E-state index contributed by atoms with van der Waals surface area (Å²) in [6, 6.07) is 10.9. The third-order valence-electron chi connectivity index (χ3n) is 4.10. The number of hydrogen-bond acceptors (Lipinski definition) is 2. The molecule has 17 heavy (non-hydrogen) atoms. The molecule has 0 bridgehead atoms. The number of aliphatic hydroxyl groups excluding tert-OH is 1. The van der Waals surface area contributed by atoms with Crippen molar-refractivity contribution in [2.75, 3.05) is 7.05 Å². The molecule has 0 amide bonds. The van der Waals surface area contributed by atoms with E-state index >= 15 is 0 Å². The molecule has 0 radical (unpaired) electrons. The van der Waals surface area contributed by atoms with E-state index in [2.05, 4.69) is 18.9 Å². The van der Waals surface area contributed by atoms with Gasteiger partial charge in [0.05, 0.1) is 6.10 Å². The molecule has 1 aromatic carbocycles. The predicted octanol–water partition coefficient (Wildman–Crippen LogP) is 2.98. The number of nitrogens with zero attached hydrogens (tertiary/aromatic N) is 1. The second-order valence-electron chi connectivity index (χ2n) is 5.08. The van der Waals surface area contributed by atoms with Crippen molar-refractivity contribution in [2.45, 2.75) is 50.8 Å². The normalized spacial score (nSPS) is 20.0. The average molecular weight is 233 g/mol. The summed E-state index contributed by atoms with van der Waals surface area (Å²) in [6.45, 7) is 2.16. The van der Waals surface area contributed by atoms with Crippen molar-refractivity contribution >= 4 is 0 Å². The highest BCUT2D eigenvalue weighted by Gasteiger charge is 2.31. The highest BCUT2D eigenvalue weighted by Crippen LogP contribution is 2.30. The number of hydrogen-bond donors (Lipinski definition) is 1. The fraction of sp³-hybridized carbons (Fsp3) is 0.600. The molecule has 0 aromatic heterocycles. The van der Waals surface area contributed by atoms with Gasteiger partial charge in [0, 0.05) is 12.1 Å². The van der Waals surface area contributed by atoms with Gasteiger partial charge in [0.15, 0.2) is 0 Å². The van der Waals surface area contributed by atoms with E-state index in [1.54, 1.807) is 0 Å². The van der Waals surface area contributed by atoms with E-state index in [0.29, 0.717) is 6.04 Å². The SMILES string of the molecule is CCC(C(O)c1ccccc1)N(C)C1CCC1. The molecule has 2 rings (SSSR count). The van der Waals surface area contributed by atoms with Gasteiger partial charge in [-0.15, -0.1) is 0 Å². The van der Waals surface area contributed by atoms with E-state index < -0.39 is 0 Å². The maximum atomic E-state index is 10.5. The van der Waals surface area contributed by atoms with Crippen LogP contribution in [-0.4, -0.2) is 29.1 Å². The third kappa shape index (κ3) is 2.70. The van der Waals surface area contributed by atoms with Crippen molar-refractivity contribution in [3.63, 3.8) is 0 Å². The first kappa shape index (κ1) is 12.6. The lowest BCUT2D eigenvalue weighted by Crippen LogP contribution is -2.46. The lowest BCUT2D eigenvalue weighted by atomic mass is 9.88. The molecule has 1 fully saturated rings. The summed E-state index contributed by atoms with van der Waals surface area (Å²) in [5, 5.41) is 10.5. The van der Waals surface area contributed by atoms with Crippen LogP contribution in [0.1, 0.15) is 44.3 Å². The Bertz CT molecular complexity index is 334. The number of benzene rings is 1. The smallest absolute Gasteiger partial charge is 0.0945 e. The predicted molar refractivity (Wildman–Crippen MR) is 70.9 cm³/mol. The van der Waals surface area contributed by atoms with Crippen LogP contribution in [0.15, 0.2) is 30.3 Å². The van der Waals surface area contributed by atoms with E-state index in [1.165, 1.54) is 19.3 Å². The van der Waals surface area contributed by atoms with Crippen LogP contribution >= 0.6 is 0 Å². The van der Waals surface area contributed by atoms with E-state index in [9.17, 15) is 5.11 Å². The van der Waals surface area contributed by atoms with Crippen molar-refractivity contribution < 1.29 is 5.11 Å². The summed E-state index contributed by atoms with van der Waals surface area (Å²) in [5.74, 6) is 0. The highest BCUT2D eigenvalue weighted by molar-refractivity contribution is 5.19. The molecule has 1 saturated carbocycles. The first-order valence-electron chi connectivity index (χ1n) is 6.69.